The van der Waals surface area contributed by atoms with E-state index in [0.717, 1.165) is 12.6 Å². The van der Waals surface area contributed by atoms with Crippen molar-refractivity contribution in [2.24, 2.45) is 0 Å². The van der Waals surface area contributed by atoms with Crippen molar-refractivity contribution in [1.82, 2.24) is 4.90 Å². The number of aromatic carboxylic acids is 1. The van der Waals surface area contributed by atoms with Crippen LogP contribution in [0.1, 0.15) is 10.4 Å². The standard InChI is InChI=1S/C13H19N3O5/c1-15(7-8-21-2)6-5-14-12-4-3-10(16(19)20)9-11(12)13(17)18/h3-4,9,14H,5-8H2,1-2H3,(H,17,18). The van der Waals surface area contributed by atoms with Crippen molar-refractivity contribution in [2.45, 2.75) is 0 Å². The number of hydrogen-bond donors (Lipinski definition) is 2. The van der Waals surface area contributed by atoms with Crippen LogP contribution in [0.25, 0.3) is 0 Å². The highest BCUT2D eigenvalue weighted by Crippen LogP contribution is 2.22. The van der Waals surface area contributed by atoms with Crippen LogP contribution in [-0.2, 0) is 4.74 Å². The molecular weight excluding hydrogens is 278 g/mol. The first-order valence-corrected chi connectivity index (χ1v) is 6.38. The summed E-state index contributed by atoms with van der Waals surface area (Å²) in [5.74, 6) is -1.20. The van der Waals surface area contributed by atoms with Gasteiger partial charge in [-0.1, -0.05) is 0 Å². The molecule has 0 aliphatic heterocycles. The molecule has 1 rings (SSSR count). The Morgan fingerprint density at radius 3 is 2.76 bits per heavy atom. The quantitative estimate of drug-likeness (QED) is 0.522. The molecule has 2 N–H and O–H groups in total. The van der Waals surface area contributed by atoms with E-state index in [4.69, 9.17) is 9.84 Å². The summed E-state index contributed by atoms with van der Waals surface area (Å²) < 4.78 is 4.96. The van der Waals surface area contributed by atoms with Gasteiger partial charge in [0.15, 0.2) is 0 Å². The van der Waals surface area contributed by atoms with Gasteiger partial charge < -0.3 is 20.1 Å². The number of likely N-dealkylation sites (N-methyl/N-ethyl adjacent to an activating group) is 1. The van der Waals surface area contributed by atoms with Crippen LogP contribution in [0.3, 0.4) is 0 Å². The fraction of sp³-hybridized carbons (Fsp3) is 0.462. The molecule has 116 valence electrons. The molecule has 0 aromatic heterocycles. The van der Waals surface area contributed by atoms with Crippen molar-refractivity contribution >= 4 is 17.3 Å². The fourth-order valence-electron chi connectivity index (χ4n) is 1.72. The number of hydrogen-bond acceptors (Lipinski definition) is 6. The van der Waals surface area contributed by atoms with Crippen molar-refractivity contribution in [2.75, 3.05) is 45.7 Å². The summed E-state index contributed by atoms with van der Waals surface area (Å²) in [6, 6.07) is 3.75. The van der Waals surface area contributed by atoms with Crippen LogP contribution in [0.4, 0.5) is 11.4 Å². The number of nitro benzene ring substituents is 1. The highest BCUT2D eigenvalue weighted by Gasteiger charge is 2.15. The van der Waals surface area contributed by atoms with Crippen molar-refractivity contribution in [3.05, 3.63) is 33.9 Å². The minimum atomic E-state index is -1.20. The Kier molecular flexibility index (Phi) is 6.57. The Morgan fingerprint density at radius 2 is 2.19 bits per heavy atom. The molecule has 0 fully saturated rings. The average Bonchev–Trinajstić information content (AvgIpc) is 2.44. The summed E-state index contributed by atoms with van der Waals surface area (Å²) in [7, 11) is 3.55. The van der Waals surface area contributed by atoms with Crippen molar-refractivity contribution in [3.63, 3.8) is 0 Å². The highest BCUT2D eigenvalue weighted by atomic mass is 16.6. The molecule has 0 unspecified atom stereocenters. The maximum Gasteiger partial charge on any atom is 0.338 e. The normalized spacial score (nSPS) is 10.6. The van der Waals surface area contributed by atoms with Gasteiger partial charge in [0, 0.05) is 44.6 Å². The van der Waals surface area contributed by atoms with Gasteiger partial charge in [-0.2, -0.15) is 0 Å². The van der Waals surface area contributed by atoms with Gasteiger partial charge in [-0.05, 0) is 13.1 Å². The van der Waals surface area contributed by atoms with Crippen LogP contribution in [-0.4, -0.2) is 61.3 Å². The lowest BCUT2D eigenvalue weighted by Gasteiger charge is -2.17. The Hall–Kier alpha value is -2.19. The summed E-state index contributed by atoms with van der Waals surface area (Å²) >= 11 is 0. The number of carboxylic acids is 1. The zero-order valence-corrected chi connectivity index (χ0v) is 12.0. The molecule has 0 spiro atoms. The Balaban J connectivity index is 2.66. The largest absolute Gasteiger partial charge is 0.478 e. The Labute approximate surface area is 122 Å². The lowest BCUT2D eigenvalue weighted by Crippen LogP contribution is -2.28. The number of carboxylic acid groups (broad SMARTS) is 1. The maximum atomic E-state index is 11.1. The molecule has 0 aliphatic carbocycles. The molecule has 0 saturated heterocycles. The minimum Gasteiger partial charge on any atom is -0.478 e. The Bertz CT molecular complexity index is 507. The Morgan fingerprint density at radius 1 is 1.48 bits per heavy atom. The number of ether oxygens (including phenoxy) is 1. The topological polar surface area (TPSA) is 105 Å². The van der Waals surface area contributed by atoms with Crippen LogP contribution >= 0.6 is 0 Å². The predicted octanol–water partition coefficient (Wildman–Crippen LogP) is 1.28. The second-order valence-electron chi connectivity index (χ2n) is 4.52. The summed E-state index contributed by atoms with van der Waals surface area (Å²) in [5.41, 5.74) is 0.0205. The molecule has 0 atom stereocenters. The summed E-state index contributed by atoms with van der Waals surface area (Å²) in [6.45, 7) is 2.61. The molecule has 8 heteroatoms. The number of nitro groups is 1. The van der Waals surface area contributed by atoms with E-state index in [1.807, 2.05) is 11.9 Å². The van der Waals surface area contributed by atoms with Gasteiger partial charge in [0.25, 0.3) is 5.69 Å². The number of nitrogens with one attached hydrogen (secondary N) is 1. The van der Waals surface area contributed by atoms with Gasteiger partial charge in [0.1, 0.15) is 0 Å². The number of rotatable bonds is 9. The number of nitrogens with zero attached hydrogens (tertiary/aromatic N) is 2. The molecule has 21 heavy (non-hydrogen) atoms. The molecule has 8 nitrogen and oxygen atoms in total. The molecule has 0 aliphatic rings. The van der Waals surface area contributed by atoms with Crippen LogP contribution in [0.2, 0.25) is 0 Å². The van der Waals surface area contributed by atoms with E-state index in [0.29, 0.717) is 25.4 Å². The molecule has 0 amide bonds. The van der Waals surface area contributed by atoms with E-state index in [-0.39, 0.29) is 11.3 Å². The van der Waals surface area contributed by atoms with Crippen molar-refractivity contribution < 1.29 is 19.6 Å². The lowest BCUT2D eigenvalue weighted by atomic mass is 10.1. The average molecular weight is 297 g/mol. The number of anilines is 1. The SMILES string of the molecule is COCCN(C)CCNc1ccc([N+](=O)[O-])cc1C(=O)O. The first-order valence-electron chi connectivity index (χ1n) is 6.38. The fourth-order valence-corrected chi connectivity index (χ4v) is 1.72. The third-order valence-corrected chi connectivity index (χ3v) is 2.93. The van der Waals surface area contributed by atoms with Crippen LogP contribution in [0.5, 0.6) is 0 Å². The first kappa shape index (κ1) is 16.9. The van der Waals surface area contributed by atoms with Gasteiger partial charge in [0.2, 0.25) is 0 Å². The van der Waals surface area contributed by atoms with E-state index in [1.54, 1.807) is 7.11 Å². The van der Waals surface area contributed by atoms with Crippen molar-refractivity contribution in [3.8, 4) is 0 Å². The third kappa shape index (κ3) is 5.36. The number of non-ortho nitro benzene ring substituents is 1. The van der Waals surface area contributed by atoms with E-state index < -0.39 is 10.9 Å². The molecule has 1 aromatic carbocycles. The van der Waals surface area contributed by atoms with Crippen molar-refractivity contribution in [1.29, 1.82) is 0 Å². The molecule has 0 heterocycles. The van der Waals surface area contributed by atoms with Gasteiger partial charge in [-0.25, -0.2) is 4.79 Å². The second-order valence-corrected chi connectivity index (χ2v) is 4.52. The molecule has 1 aromatic rings. The number of methoxy groups -OCH3 is 1. The minimum absolute atomic E-state index is 0.108. The first-order chi connectivity index (χ1) is 9.95. The maximum absolute atomic E-state index is 11.1. The predicted molar refractivity (Wildman–Crippen MR) is 77.9 cm³/mol. The highest BCUT2D eigenvalue weighted by molar-refractivity contribution is 5.95. The lowest BCUT2D eigenvalue weighted by molar-refractivity contribution is -0.384. The second kappa shape index (κ2) is 8.18. The zero-order chi connectivity index (χ0) is 15.8. The zero-order valence-electron chi connectivity index (χ0n) is 12.0. The van der Waals surface area contributed by atoms with E-state index in [1.165, 1.54) is 12.1 Å². The van der Waals surface area contributed by atoms with Crippen LogP contribution in [0.15, 0.2) is 18.2 Å². The van der Waals surface area contributed by atoms with Gasteiger partial charge >= 0.3 is 5.97 Å². The number of benzene rings is 1. The smallest absolute Gasteiger partial charge is 0.338 e. The van der Waals surface area contributed by atoms with Gasteiger partial charge in [-0.3, -0.25) is 10.1 Å². The van der Waals surface area contributed by atoms with Crippen LogP contribution in [0, 0.1) is 10.1 Å². The molecule has 0 saturated carbocycles. The molecule has 0 radical (unpaired) electrons. The summed E-state index contributed by atoms with van der Waals surface area (Å²) in [4.78, 5) is 23.2. The van der Waals surface area contributed by atoms with E-state index >= 15 is 0 Å². The van der Waals surface area contributed by atoms with E-state index in [9.17, 15) is 14.9 Å². The van der Waals surface area contributed by atoms with Gasteiger partial charge in [0.05, 0.1) is 17.1 Å². The van der Waals surface area contributed by atoms with E-state index in [2.05, 4.69) is 5.32 Å². The third-order valence-electron chi connectivity index (χ3n) is 2.93. The molecular formula is C13H19N3O5. The molecule has 0 bridgehead atoms. The van der Waals surface area contributed by atoms with Crippen LogP contribution < -0.4 is 5.32 Å². The number of carbonyl (C=O) groups is 1. The van der Waals surface area contributed by atoms with Gasteiger partial charge in [-0.15, -0.1) is 0 Å². The summed E-state index contributed by atoms with van der Waals surface area (Å²) in [6.07, 6.45) is 0. The monoisotopic (exact) mass is 297 g/mol. The summed E-state index contributed by atoms with van der Waals surface area (Å²) in [5, 5.41) is 22.8.